The number of nitrogens with one attached hydrogen (secondary N) is 1. The highest BCUT2D eigenvalue weighted by Crippen LogP contribution is 2.33. The molecule has 0 aliphatic heterocycles. The third-order valence-corrected chi connectivity index (χ3v) is 3.41. The van der Waals surface area contributed by atoms with Gasteiger partial charge in [-0.25, -0.2) is 0 Å². The van der Waals surface area contributed by atoms with Crippen molar-refractivity contribution < 1.29 is 9.47 Å². The van der Waals surface area contributed by atoms with Crippen molar-refractivity contribution in [3.8, 4) is 11.5 Å². The molecule has 0 aromatic heterocycles. The molecular formula is C15H23N3O2. The Morgan fingerprint density at radius 3 is 2.70 bits per heavy atom. The zero-order valence-electron chi connectivity index (χ0n) is 12.2. The van der Waals surface area contributed by atoms with Crippen LogP contribution in [0.5, 0.6) is 11.5 Å². The number of anilines is 1. The summed E-state index contributed by atoms with van der Waals surface area (Å²) >= 11 is 0. The van der Waals surface area contributed by atoms with E-state index in [0.29, 0.717) is 17.5 Å². The van der Waals surface area contributed by atoms with Gasteiger partial charge in [-0.05, 0) is 30.9 Å². The molecule has 0 bridgehead atoms. The second-order valence-corrected chi connectivity index (χ2v) is 5.05. The van der Waals surface area contributed by atoms with E-state index in [9.17, 15) is 0 Å². The van der Waals surface area contributed by atoms with Gasteiger partial charge in [0.05, 0.1) is 14.2 Å². The molecular weight excluding hydrogens is 254 g/mol. The molecule has 0 spiro atoms. The lowest BCUT2D eigenvalue weighted by Crippen LogP contribution is -2.22. The summed E-state index contributed by atoms with van der Waals surface area (Å²) in [4.78, 5) is 4.33. The molecule has 0 heterocycles. The van der Waals surface area contributed by atoms with Crippen molar-refractivity contribution in [3.63, 3.8) is 0 Å². The van der Waals surface area contributed by atoms with Crippen molar-refractivity contribution >= 4 is 11.6 Å². The molecule has 0 atom stereocenters. The molecule has 110 valence electrons. The SMILES string of the molecule is COc1ccc(NC(N)=NCCCC2CC2)cc1OC. The predicted molar refractivity (Wildman–Crippen MR) is 81.6 cm³/mol. The number of guanidine groups is 1. The van der Waals surface area contributed by atoms with E-state index in [1.165, 1.54) is 19.3 Å². The summed E-state index contributed by atoms with van der Waals surface area (Å²) in [6, 6.07) is 5.56. The summed E-state index contributed by atoms with van der Waals surface area (Å²) in [7, 11) is 3.22. The molecule has 0 radical (unpaired) electrons. The third-order valence-electron chi connectivity index (χ3n) is 3.41. The lowest BCUT2D eigenvalue weighted by molar-refractivity contribution is 0.355. The molecule has 1 aliphatic carbocycles. The van der Waals surface area contributed by atoms with Crippen LogP contribution in [0.2, 0.25) is 0 Å². The summed E-state index contributed by atoms with van der Waals surface area (Å²) in [5.74, 6) is 2.75. The monoisotopic (exact) mass is 277 g/mol. The molecule has 20 heavy (non-hydrogen) atoms. The highest BCUT2D eigenvalue weighted by Gasteiger charge is 2.19. The van der Waals surface area contributed by atoms with Crippen LogP contribution >= 0.6 is 0 Å². The van der Waals surface area contributed by atoms with E-state index in [2.05, 4.69) is 10.3 Å². The summed E-state index contributed by atoms with van der Waals surface area (Å²) in [5.41, 5.74) is 6.71. The van der Waals surface area contributed by atoms with Crippen LogP contribution in [-0.4, -0.2) is 26.7 Å². The van der Waals surface area contributed by atoms with Crippen LogP contribution in [0.25, 0.3) is 0 Å². The average molecular weight is 277 g/mol. The molecule has 1 aromatic carbocycles. The summed E-state index contributed by atoms with van der Waals surface area (Å²) in [6.45, 7) is 0.780. The Morgan fingerprint density at radius 1 is 1.30 bits per heavy atom. The second kappa shape index (κ2) is 7.03. The maximum absolute atomic E-state index is 5.87. The maximum atomic E-state index is 5.87. The first kappa shape index (κ1) is 14.5. The van der Waals surface area contributed by atoms with Gasteiger partial charge in [0.25, 0.3) is 0 Å². The number of benzene rings is 1. The fourth-order valence-electron chi connectivity index (χ4n) is 2.09. The van der Waals surface area contributed by atoms with Gasteiger partial charge >= 0.3 is 0 Å². The van der Waals surface area contributed by atoms with Gasteiger partial charge in [-0.3, -0.25) is 4.99 Å². The van der Waals surface area contributed by atoms with E-state index in [0.717, 1.165) is 24.6 Å². The van der Waals surface area contributed by atoms with E-state index in [1.54, 1.807) is 14.2 Å². The number of hydrogen-bond donors (Lipinski definition) is 2. The minimum atomic E-state index is 0.438. The smallest absolute Gasteiger partial charge is 0.193 e. The Labute approximate surface area is 120 Å². The number of hydrogen-bond acceptors (Lipinski definition) is 3. The molecule has 1 aliphatic rings. The van der Waals surface area contributed by atoms with E-state index >= 15 is 0 Å². The van der Waals surface area contributed by atoms with Crippen LogP contribution in [0, 0.1) is 5.92 Å². The molecule has 2 rings (SSSR count). The summed E-state index contributed by atoms with van der Waals surface area (Å²) in [6.07, 6.45) is 5.16. The lowest BCUT2D eigenvalue weighted by atomic mass is 10.2. The van der Waals surface area contributed by atoms with Gasteiger partial charge in [0.2, 0.25) is 0 Å². The lowest BCUT2D eigenvalue weighted by Gasteiger charge is -2.10. The van der Waals surface area contributed by atoms with Crippen molar-refractivity contribution in [1.82, 2.24) is 0 Å². The summed E-state index contributed by atoms with van der Waals surface area (Å²) in [5, 5.41) is 3.06. The van der Waals surface area contributed by atoms with Gasteiger partial charge in [-0.1, -0.05) is 12.8 Å². The molecule has 1 fully saturated rings. The van der Waals surface area contributed by atoms with Crippen LogP contribution < -0.4 is 20.5 Å². The normalized spacial score (nSPS) is 15.0. The number of nitrogens with zero attached hydrogens (tertiary/aromatic N) is 1. The molecule has 0 unspecified atom stereocenters. The van der Waals surface area contributed by atoms with E-state index in [1.807, 2.05) is 18.2 Å². The van der Waals surface area contributed by atoms with Crippen LogP contribution in [0.3, 0.4) is 0 Å². The summed E-state index contributed by atoms with van der Waals surface area (Å²) < 4.78 is 10.4. The van der Waals surface area contributed by atoms with Gasteiger partial charge in [0.15, 0.2) is 17.5 Å². The van der Waals surface area contributed by atoms with Crippen molar-refractivity contribution in [3.05, 3.63) is 18.2 Å². The molecule has 1 saturated carbocycles. The molecule has 5 nitrogen and oxygen atoms in total. The topological polar surface area (TPSA) is 68.9 Å². The number of methoxy groups -OCH3 is 2. The molecule has 0 saturated heterocycles. The number of ether oxygens (including phenoxy) is 2. The number of aliphatic imine (C=N–C) groups is 1. The highest BCUT2D eigenvalue weighted by atomic mass is 16.5. The maximum Gasteiger partial charge on any atom is 0.193 e. The second-order valence-electron chi connectivity index (χ2n) is 5.05. The minimum Gasteiger partial charge on any atom is -0.493 e. The number of nitrogens with two attached hydrogens (primary N) is 1. The Balaban J connectivity index is 1.85. The van der Waals surface area contributed by atoms with Gasteiger partial charge in [0.1, 0.15) is 0 Å². The van der Waals surface area contributed by atoms with Crippen LogP contribution in [0.4, 0.5) is 5.69 Å². The first-order valence-corrected chi connectivity index (χ1v) is 7.02. The molecule has 5 heteroatoms. The fourth-order valence-corrected chi connectivity index (χ4v) is 2.09. The van der Waals surface area contributed by atoms with Gasteiger partial charge in [-0.15, -0.1) is 0 Å². The van der Waals surface area contributed by atoms with Gasteiger partial charge < -0.3 is 20.5 Å². The number of rotatable bonds is 7. The van der Waals surface area contributed by atoms with Crippen LogP contribution in [-0.2, 0) is 0 Å². The minimum absolute atomic E-state index is 0.438. The first-order chi connectivity index (χ1) is 9.72. The van der Waals surface area contributed by atoms with Crippen molar-refractivity contribution in [2.45, 2.75) is 25.7 Å². The quantitative estimate of drug-likeness (QED) is 0.456. The van der Waals surface area contributed by atoms with Gasteiger partial charge in [-0.2, -0.15) is 0 Å². The Morgan fingerprint density at radius 2 is 2.05 bits per heavy atom. The predicted octanol–water partition coefficient (Wildman–Crippen LogP) is 2.62. The van der Waals surface area contributed by atoms with Gasteiger partial charge in [0, 0.05) is 18.3 Å². The van der Waals surface area contributed by atoms with E-state index in [4.69, 9.17) is 15.2 Å². The highest BCUT2D eigenvalue weighted by molar-refractivity contribution is 5.92. The standard InChI is InChI=1S/C15H23N3O2/c1-19-13-8-7-12(10-14(13)20-2)18-15(16)17-9-3-4-11-5-6-11/h7-8,10-11H,3-6,9H2,1-2H3,(H3,16,17,18). The average Bonchev–Trinajstić information content (AvgIpc) is 3.27. The van der Waals surface area contributed by atoms with E-state index < -0.39 is 0 Å². The first-order valence-electron chi connectivity index (χ1n) is 7.02. The Hall–Kier alpha value is -1.91. The van der Waals surface area contributed by atoms with Crippen molar-refractivity contribution in [2.24, 2.45) is 16.6 Å². The third kappa shape index (κ3) is 4.33. The van der Waals surface area contributed by atoms with E-state index in [-0.39, 0.29) is 0 Å². The van der Waals surface area contributed by atoms with Crippen molar-refractivity contribution in [1.29, 1.82) is 0 Å². The molecule has 0 amide bonds. The van der Waals surface area contributed by atoms with Crippen molar-refractivity contribution in [2.75, 3.05) is 26.1 Å². The van der Waals surface area contributed by atoms with Crippen LogP contribution in [0.1, 0.15) is 25.7 Å². The molecule has 1 aromatic rings. The zero-order valence-corrected chi connectivity index (χ0v) is 12.2. The van der Waals surface area contributed by atoms with Crippen LogP contribution in [0.15, 0.2) is 23.2 Å². The zero-order chi connectivity index (χ0) is 14.4. The largest absolute Gasteiger partial charge is 0.493 e. The molecule has 3 N–H and O–H groups in total. The Bertz CT molecular complexity index is 470. The fraction of sp³-hybridized carbons (Fsp3) is 0.533. The Kier molecular flexibility index (Phi) is 5.09.